The fourth-order valence-corrected chi connectivity index (χ4v) is 4.18. The van der Waals surface area contributed by atoms with Crippen LogP contribution in [0.2, 0.25) is 0 Å². The molecule has 0 saturated carbocycles. The van der Waals surface area contributed by atoms with E-state index in [1.165, 1.54) is 0 Å². The minimum absolute atomic E-state index is 0.114. The van der Waals surface area contributed by atoms with E-state index >= 15 is 0 Å². The van der Waals surface area contributed by atoms with Gasteiger partial charge >= 0.3 is 5.51 Å². The number of hydrogen-bond donors (Lipinski definition) is 1. The van der Waals surface area contributed by atoms with Gasteiger partial charge in [0.1, 0.15) is 0 Å². The lowest BCUT2D eigenvalue weighted by Crippen LogP contribution is -2.33. The third-order valence-corrected chi connectivity index (χ3v) is 5.54. The Morgan fingerprint density at radius 2 is 2.12 bits per heavy atom. The molecule has 1 aliphatic rings. The Morgan fingerprint density at radius 1 is 1.29 bits per heavy atom. The molecule has 0 radical (unpaired) electrons. The minimum Gasteiger partial charge on any atom is -0.360 e. The van der Waals surface area contributed by atoms with Crippen molar-refractivity contribution in [3.8, 4) is 0 Å². The van der Waals surface area contributed by atoms with Gasteiger partial charge in [0.15, 0.2) is 5.65 Å². The topological polar surface area (TPSA) is 61.9 Å². The number of aromatic nitrogens is 3. The molecular formula is C15H13F3N4OS. The third kappa shape index (κ3) is 2.48. The van der Waals surface area contributed by atoms with Crippen LogP contribution in [0.25, 0.3) is 21.9 Å². The van der Waals surface area contributed by atoms with Gasteiger partial charge in [-0.1, -0.05) is 0 Å². The van der Waals surface area contributed by atoms with Gasteiger partial charge in [0.25, 0.3) is 0 Å². The number of nitrogens with zero attached hydrogens (tertiary/aromatic N) is 3. The molecule has 0 aromatic carbocycles. The lowest BCUT2D eigenvalue weighted by Gasteiger charge is -2.17. The summed E-state index contributed by atoms with van der Waals surface area (Å²) < 4.78 is 50.6. The first-order chi connectivity index (χ1) is 11.4. The molecule has 3 aromatic rings. The summed E-state index contributed by atoms with van der Waals surface area (Å²) in [5, 5.41) is 1.79. The summed E-state index contributed by atoms with van der Waals surface area (Å²) >= 11 is 0. The molecule has 1 N–H and O–H groups in total. The maximum absolute atomic E-state index is 12.7. The van der Waals surface area contributed by atoms with Crippen LogP contribution in [0.5, 0.6) is 0 Å². The van der Waals surface area contributed by atoms with Crippen LogP contribution in [-0.2, 0) is 11.0 Å². The maximum atomic E-state index is 12.7. The number of nitrogens with one attached hydrogen (secondary N) is 1. The van der Waals surface area contributed by atoms with Crippen molar-refractivity contribution < 1.29 is 17.4 Å². The molecule has 1 saturated heterocycles. The van der Waals surface area contributed by atoms with Crippen LogP contribution >= 0.6 is 0 Å². The van der Waals surface area contributed by atoms with Crippen molar-refractivity contribution in [2.45, 2.75) is 17.8 Å². The summed E-state index contributed by atoms with van der Waals surface area (Å²) in [6.45, 7) is 0.271. The number of aromatic amines is 1. The Hall–Kier alpha value is -2.00. The van der Waals surface area contributed by atoms with E-state index < -0.39 is 16.5 Å². The Labute approximate surface area is 137 Å². The van der Waals surface area contributed by atoms with Crippen LogP contribution in [-0.4, -0.2) is 42.1 Å². The lowest BCUT2D eigenvalue weighted by atomic mass is 9.94. The summed E-state index contributed by atoms with van der Waals surface area (Å²) in [4.78, 5) is 11.6. The molecule has 1 aliphatic heterocycles. The van der Waals surface area contributed by atoms with E-state index in [0.29, 0.717) is 12.1 Å². The van der Waals surface area contributed by atoms with Crippen molar-refractivity contribution in [1.82, 2.24) is 19.3 Å². The molecular weight excluding hydrogens is 341 g/mol. The predicted molar refractivity (Wildman–Crippen MR) is 84.5 cm³/mol. The molecule has 2 atom stereocenters. The van der Waals surface area contributed by atoms with Crippen molar-refractivity contribution >= 4 is 32.9 Å². The highest BCUT2D eigenvalue weighted by Crippen LogP contribution is 2.36. The van der Waals surface area contributed by atoms with Gasteiger partial charge in [0.05, 0.1) is 11.7 Å². The van der Waals surface area contributed by atoms with Gasteiger partial charge in [0, 0.05) is 36.3 Å². The van der Waals surface area contributed by atoms with Crippen molar-refractivity contribution in [3.63, 3.8) is 0 Å². The lowest BCUT2D eigenvalue weighted by molar-refractivity contribution is -0.0424. The van der Waals surface area contributed by atoms with E-state index in [-0.39, 0.29) is 19.0 Å². The first-order valence-electron chi connectivity index (χ1n) is 7.39. The van der Waals surface area contributed by atoms with Gasteiger partial charge in [-0.05, 0) is 30.0 Å². The Kier molecular flexibility index (Phi) is 3.57. The van der Waals surface area contributed by atoms with E-state index in [2.05, 4.69) is 15.0 Å². The zero-order valence-corrected chi connectivity index (χ0v) is 13.2. The molecule has 9 heteroatoms. The van der Waals surface area contributed by atoms with Crippen molar-refractivity contribution in [2.24, 2.45) is 0 Å². The first-order valence-corrected chi connectivity index (χ1v) is 8.50. The molecule has 0 amide bonds. The third-order valence-electron chi connectivity index (χ3n) is 4.35. The largest absolute Gasteiger partial charge is 0.485 e. The number of H-pyrrole nitrogens is 1. The summed E-state index contributed by atoms with van der Waals surface area (Å²) in [5.74, 6) is -0.117. The zero-order valence-electron chi connectivity index (χ0n) is 12.4. The average molecular weight is 354 g/mol. The minimum atomic E-state index is -4.71. The Balaban J connectivity index is 1.75. The van der Waals surface area contributed by atoms with Crippen molar-refractivity contribution in [1.29, 1.82) is 0 Å². The molecule has 0 aliphatic carbocycles. The molecule has 24 heavy (non-hydrogen) atoms. The van der Waals surface area contributed by atoms with Gasteiger partial charge in [-0.2, -0.15) is 13.2 Å². The van der Waals surface area contributed by atoms with Crippen LogP contribution in [0.1, 0.15) is 17.9 Å². The Bertz CT molecular complexity index is 939. The summed E-state index contributed by atoms with van der Waals surface area (Å²) in [7, 11) is -2.96. The average Bonchev–Trinajstić information content (AvgIpc) is 3.21. The van der Waals surface area contributed by atoms with Gasteiger partial charge in [-0.3, -0.25) is 0 Å². The van der Waals surface area contributed by atoms with Gasteiger partial charge in [-0.25, -0.2) is 18.5 Å². The van der Waals surface area contributed by atoms with Crippen molar-refractivity contribution in [3.05, 3.63) is 36.3 Å². The van der Waals surface area contributed by atoms with E-state index in [4.69, 9.17) is 0 Å². The monoisotopic (exact) mass is 354 g/mol. The van der Waals surface area contributed by atoms with E-state index in [1.54, 1.807) is 18.6 Å². The second-order valence-corrected chi connectivity index (χ2v) is 7.21. The molecule has 2 unspecified atom stereocenters. The number of halogens is 3. The van der Waals surface area contributed by atoms with Crippen LogP contribution in [0.4, 0.5) is 13.2 Å². The molecule has 4 rings (SSSR count). The van der Waals surface area contributed by atoms with Crippen molar-refractivity contribution in [2.75, 3.05) is 13.1 Å². The van der Waals surface area contributed by atoms with Gasteiger partial charge < -0.3 is 4.98 Å². The number of fused-ring (bicyclic) bond motifs is 3. The number of rotatable bonds is 2. The second kappa shape index (κ2) is 5.52. The van der Waals surface area contributed by atoms with Crippen LogP contribution in [0, 0.1) is 0 Å². The Morgan fingerprint density at radius 3 is 2.92 bits per heavy atom. The first kappa shape index (κ1) is 15.5. The SMILES string of the molecule is O=S(N1CCC(c2cc[nH]c3cnc4nccc4c23)C1)C(F)(F)F. The molecule has 3 aromatic heterocycles. The number of pyridine rings is 2. The highest BCUT2D eigenvalue weighted by molar-refractivity contribution is 7.83. The summed E-state index contributed by atoms with van der Waals surface area (Å²) in [6, 6.07) is 3.72. The van der Waals surface area contributed by atoms with Crippen LogP contribution in [0.3, 0.4) is 0 Å². The molecule has 126 valence electrons. The molecule has 5 nitrogen and oxygen atoms in total. The second-order valence-electron chi connectivity index (χ2n) is 5.73. The van der Waals surface area contributed by atoms with Gasteiger partial charge in [-0.15, -0.1) is 0 Å². The van der Waals surface area contributed by atoms with E-state index in [1.807, 2.05) is 12.1 Å². The van der Waals surface area contributed by atoms with E-state index in [9.17, 15) is 17.4 Å². The summed E-state index contributed by atoms with van der Waals surface area (Å²) in [5.41, 5.74) is -2.36. The number of alkyl halides is 3. The fraction of sp³-hybridized carbons (Fsp3) is 0.333. The normalized spacial score (nSPS) is 20.9. The summed E-state index contributed by atoms with van der Waals surface area (Å²) in [6.07, 6.45) is 5.62. The quantitative estimate of drug-likeness (QED) is 0.769. The standard InChI is InChI=1S/C15H13F3N4OS/c16-15(17,18)24(23)22-6-3-9(8-22)10-1-4-19-12-7-21-14-11(13(10)12)2-5-20-14/h1-2,4-5,7,9,19H,3,6,8H2. The number of hydrogen-bond acceptors (Lipinski definition) is 3. The highest BCUT2D eigenvalue weighted by atomic mass is 32.2. The molecule has 4 heterocycles. The molecule has 1 fully saturated rings. The van der Waals surface area contributed by atoms with E-state index in [0.717, 1.165) is 26.2 Å². The van der Waals surface area contributed by atoms with Crippen LogP contribution < -0.4 is 0 Å². The predicted octanol–water partition coefficient (Wildman–Crippen LogP) is 3.08. The molecule has 0 spiro atoms. The van der Waals surface area contributed by atoms with Crippen LogP contribution in [0.15, 0.2) is 30.7 Å². The smallest absolute Gasteiger partial charge is 0.360 e. The van der Waals surface area contributed by atoms with Gasteiger partial charge in [0.2, 0.25) is 11.0 Å². The highest BCUT2D eigenvalue weighted by Gasteiger charge is 2.44. The maximum Gasteiger partial charge on any atom is 0.485 e. The zero-order chi connectivity index (χ0) is 16.9. The fourth-order valence-electron chi connectivity index (χ4n) is 3.30. The molecule has 0 bridgehead atoms.